The first-order valence-electron chi connectivity index (χ1n) is 6.36. The topological polar surface area (TPSA) is 30.5 Å². The van der Waals surface area contributed by atoms with Crippen molar-refractivity contribution in [1.82, 2.24) is 5.32 Å². The van der Waals surface area contributed by atoms with E-state index in [9.17, 15) is 0 Å². The minimum Gasteiger partial charge on any atom is -0.493 e. The summed E-state index contributed by atoms with van der Waals surface area (Å²) >= 11 is 0. The predicted molar refractivity (Wildman–Crippen MR) is 68.9 cm³/mol. The van der Waals surface area contributed by atoms with Crippen LogP contribution >= 0.6 is 0 Å². The van der Waals surface area contributed by atoms with Gasteiger partial charge in [0.2, 0.25) is 0 Å². The number of hydrogen-bond acceptors (Lipinski definition) is 3. The summed E-state index contributed by atoms with van der Waals surface area (Å²) in [4.78, 5) is 0. The Kier molecular flexibility index (Phi) is 4.26. The van der Waals surface area contributed by atoms with Gasteiger partial charge in [0.25, 0.3) is 0 Å². The normalized spacial score (nSPS) is 19.3. The number of ether oxygens (including phenoxy) is 2. The van der Waals surface area contributed by atoms with Crippen LogP contribution < -0.4 is 14.8 Å². The molecule has 0 aromatic heterocycles. The van der Waals surface area contributed by atoms with Gasteiger partial charge in [-0.15, -0.1) is 0 Å². The minimum atomic E-state index is 0.491. The molecule has 17 heavy (non-hydrogen) atoms. The van der Waals surface area contributed by atoms with Crippen LogP contribution in [0.15, 0.2) is 18.2 Å². The third kappa shape index (κ3) is 3.13. The van der Waals surface area contributed by atoms with E-state index in [1.807, 2.05) is 6.07 Å². The van der Waals surface area contributed by atoms with Gasteiger partial charge in [0.15, 0.2) is 11.5 Å². The zero-order chi connectivity index (χ0) is 12.1. The molecular formula is C14H21NO2. The number of aryl methyl sites for hydroxylation is 1. The zero-order valence-corrected chi connectivity index (χ0v) is 10.7. The molecule has 1 aliphatic heterocycles. The number of rotatable bonds is 5. The van der Waals surface area contributed by atoms with Gasteiger partial charge in [-0.25, -0.2) is 0 Å². The molecule has 1 N–H and O–H groups in total. The van der Waals surface area contributed by atoms with Gasteiger partial charge in [0, 0.05) is 6.04 Å². The summed E-state index contributed by atoms with van der Waals surface area (Å²) in [5, 5.41) is 3.42. The average molecular weight is 235 g/mol. The van der Waals surface area contributed by atoms with Crippen LogP contribution in [0.3, 0.4) is 0 Å². The molecule has 1 aromatic rings. The molecule has 3 nitrogen and oxygen atoms in total. The maximum Gasteiger partial charge on any atom is 0.161 e. The second-order valence-electron chi connectivity index (χ2n) is 4.44. The Bertz CT molecular complexity index is 359. The summed E-state index contributed by atoms with van der Waals surface area (Å²) in [6.45, 7) is 3.97. The summed E-state index contributed by atoms with van der Waals surface area (Å²) < 4.78 is 11.2. The molecule has 0 saturated carbocycles. The second-order valence-corrected chi connectivity index (χ2v) is 4.44. The maximum atomic E-state index is 5.82. The Morgan fingerprint density at radius 1 is 1.35 bits per heavy atom. The smallest absolute Gasteiger partial charge is 0.161 e. The van der Waals surface area contributed by atoms with Crippen molar-refractivity contribution < 1.29 is 9.47 Å². The lowest BCUT2D eigenvalue weighted by Crippen LogP contribution is -2.28. The summed E-state index contributed by atoms with van der Waals surface area (Å²) in [5.41, 5.74) is 1.27. The van der Waals surface area contributed by atoms with Gasteiger partial charge in [-0.1, -0.05) is 13.0 Å². The van der Waals surface area contributed by atoms with Crippen LogP contribution in [-0.4, -0.2) is 26.3 Å². The van der Waals surface area contributed by atoms with Crippen LogP contribution in [0.2, 0.25) is 0 Å². The van der Waals surface area contributed by atoms with Gasteiger partial charge in [0.05, 0.1) is 7.11 Å². The van der Waals surface area contributed by atoms with E-state index in [1.165, 1.54) is 18.4 Å². The molecule has 1 aliphatic rings. The first kappa shape index (κ1) is 12.2. The quantitative estimate of drug-likeness (QED) is 0.850. The fourth-order valence-corrected chi connectivity index (χ4v) is 2.14. The zero-order valence-electron chi connectivity index (χ0n) is 10.7. The van der Waals surface area contributed by atoms with Crippen LogP contribution in [0, 0.1) is 0 Å². The maximum absolute atomic E-state index is 5.82. The predicted octanol–water partition coefficient (Wildman–Crippen LogP) is 2.39. The van der Waals surface area contributed by atoms with E-state index in [2.05, 4.69) is 24.4 Å². The van der Waals surface area contributed by atoms with Crippen LogP contribution in [-0.2, 0) is 6.42 Å². The second kappa shape index (κ2) is 5.92. The van der Waals surface area contributed by atoms with E-state index in [-0.39, 0.29) is 0 Å². The van der Waals surface area contributed by atoms with Crippen molar-refractivity contribution in [2.24, 2.45) is 0 Å². The van der Waals surface area contributed by atoms with Crippen LogP contribution in [0.4, 0.5) is 0 Å². The molecule has 0 unspecified atom stereocenters. The molecular weight excluding hydrogens is 214 g/mol. The Balaban J connectivity index is 1.98. The first-order valence-corrected chi connectivity index (χ1v) is 6.36. The van der Waals surface area contributed by atoms with Crippen molar-refractivity contribution in [3.8, 4) is 11.5 Å². The van der Waals surface area contributed by atoms with Gasteiger partial charge in [-0.2, -0.15) is 0 Å². The molecule has 1 aromatic carbocycles. The Morgan fingerprint density at radius 3 is 2.88 bits per heavy atom. The van der Waals surface area contributed by atoms with Gasteiger partial charge < -0.3 is 14.8 Å². The molecule has 94 valence electrons. The molecule has 0 bridgehead atoms. The molecule has 0 radical (unpaired) electrons. The lowest BCUT2D eigenvalue weighted by Gasteiger charge is -2.15. The molecule has 1 fully saturated rings. The summed E-state index contributed by atoms with van der Waals surface area (Å²) in [5.74, 6) is 1.68. The third-order valence-corrected chi connectivity index (χ3v) is 3.24. The highest BCUT2D eigenvalue weighted by Gasteiger charge is 2.15. The molecule has 0 aliphatic carbocycles. The number of hydrogen-bond donors (Lipinski definition) is 1. The SMILES string of the molecule is CCc1ccc(OC[C@@H]2CCCN2)c(OC)c1. The standard InChI is InChI=1S/C14H21NO2/c1-3-11-6-7-13(14(9-11)16-2)17-10-12-5-4-8-15-12/h6-7,9,12,15H,3-5,8,10H2,1-2H3/t12-/m0/s1. The van der Waals surface area contributed by atoms with E-state index in [0.29, 0.717) is 6.04 Å². The first-order chi connectivity index (χ1) is 8.33. The lowest BCUT2D eigenvalue weighted by molar-refractivity contribution is 0.262. The van der Waals surface area contributed by atoms with Crippen LogP contribution in [0.25, 0.3) is 0 Å². The van der Waals surface area contributed by atoms with E-state index in [0.717, 1.165) is 31.1 Å². The van der Waals surface area contributed by atoms with Gasteiger partial charge in [0.1, 0.15) is 6.61 Å². The Hall–Kier alpha value is -1.22. The molecule has 1 heterocycles. The van der Waals surface area contributed by atoms with Crippen molar-refractivity contribution in [2.45, 2.75) is 32.2 Å². The fraction of sp³-hybridized carbons (Fsp3) is 0.571. The third-order valence-electron chi connectivity index (χ3n) is 3.24. The molecule has 1 saturated heterocycles. The van der Waals surface area contributed by atoms with Crippen LogP contribution in [0.5, 0.6) is 11.5 Å². The molecule has 3 heteroatoms. The van der Waals surface area contributed by atoms with Gasteiger partial charge in [-0.3, -0.25) is 0 Å². The number of methoxy groups -OCH3 is 1. The molecule has 2 rings (SSSR count). The van der Waals surface area contributed by atoms with Crippen molar-refractivity contribution in [1.29, 1.82) is 0 Å². The van der Waals surface area contributed by atoms with E-state index >= 15 is 0 Å². The summed E-state index contributed by atoms with van der Waals surface area (Å²) in [6.07, 6.45) is 3.47. The van der Waals surface area contributed by atoms with Crippen molar-refractivity contribution in [3.63, 3.8) is 0 Å². The Morgan fingerprint density at radius 2 is 2.24 bits per heavy atom. The van der Waals surface area contributed by atoms with E-state index in [1.54, 1.807) is 7.11 Å². The molecule has 0 spiro atoms. The monoisotopic (exact) mass is 235 g/mol. The van der Waals surface area contributed by atoms with Gasteiger partial charge >= 0.3 is 0 Å². The highest BCUT2D eigenvalue weighted by molar-refractivity contribution is 5.42. The summed E-state index contributed by atoms with van der Waals surface area (Å²) in [6, 6.07) is 6.65. The Labute approximate surface area is 103 Å². The van der Waals surface area contributed by atoms with Crippen molar-refractivity contribution in [2.75, 3.05) is 20.3 Å². The highest BCUT2D eigenvalue weighted by atomic mass is 16.5. The van der Waals surface area contributed by atoms with E-state index < -0.39 is 0 Å². The average Bonchev–Trinajstić information content (AvgIpc) is 2.89. The largest absolute Gasteiger partial charge is 0.493 e. The highest BCUT2D eigenvalue weighted by Crippen LogP contribution is 2.28. The lowest BCUT2D eigenvalue weighted by atomic mass is 10.1. The number of benzene rings is 1. The van der Waals surface area contributed by atoms with Crippen molar-refractivity contribution in [3.05, 3.63) is 23.8 Å². The molecule has 1 atom stereocenters. The van der Waals surface area contributed by atoms with Crippen LogP contribution in [0.1, 0.15) is 25.3 Å². The fourth-order valence-electron chi connectivity index (χ4n) is 2.14. The van der Waals surface area contributed by atoms with Crippen molar-refractivity contribution >= 4 is 0 Å². The summed E-state index contributed by atoms with van der Waals surface area (Å²) in [7, 11) is 1.69. The molecule has 0 amide bonds. The minimum absolute atomic E-state index is 0.491. The van der Waals surface area contributed by atoms with Gasteiger partial charge in [-0.05, 0) is 43.5 Å². The van der Waals surface area contributed by atoms with E-state index in [4.69, 9.17) is 9.47 Å². The number of nitrogens with one attached hydrogen (secondary N) is 1.